The Balaban J connectivity index is 0.00000169. The summed E-state index contributed by atoms with van der Waals surface area (Å²) in [7, 11) is -4.57. The maximum absolute atomic E-state index is 10.4. The van der Waals surface area contributed by atoms with Crippen molar-refractivity contribution in [2.45, 2.75) is 0 Å². The van der Waals surface area contributed by atoms with Crippen molar-refractivity contribution in [3.63, 3.8) is 0 Å². The molecule has 0 saturated carbocycles. The van der Waals surface area contributed by atoms with Gasteiger partial charge in [0.15, 0.2) is 12.0 Å². The van der Waals surface area contributed by atoms with E-state index in [1.54, 1.807) is 6.07 Å². The van der Waals surface area contributed by atoms with Crippen molar-refractivity contribution in [3.8, 4) is 5.75 Å². The summed E-state index contributed by atoms with van der Waals surface area (Å²) in [6.45, 7) is 0. The fourth-order valence-electron chi connectivity index (χ4n) is 0.767. The molecule has 0 amide bonds. The van der Waals surface area contributed by atoms with Crippen LogP contribution in [0.15, 0.2) is 24.3 Å². The average Bonchev–Trinajstić information content (AvgIpc) is 2.02. The van der Waals surface area contributed by atoms with Crippen molar-refractivity contribution in [1.82, 2.24) is 0 Å². The van der Waals surface area contributed by atoms with Gasteiger partial charge in [-0.2, -0.15) is 8.42 Å². The first-order valence-corrected chi connectivity index (χ1v) is 4.60. The first kappa shape index (κ1) is 13.6. The van der Waals surface area contributed by atoms with Gasteiger partial charge in [-0.25, -0.2) is 0 Å². The zero-order valence-corrected chi connectivity index (χ0v) is 7.19. The Bertz CT molecular complexity index is 414. The van der Waals surface area contributed by atoms with Crippen molar-refractivity contribution in [2.24, 2.45) is 0 Å². The number of hydrogen-bond donors (Lipinski definition) is 1. The summed E-state index contributed by atoms with van der Waals surface area (Å²) in [5, 5.41) is 0. The minimum absolute atomic E-state index is 0. The third kappa shape index (κ3) is 4.21. The SMILES string of the molecule is O=Cc1ccccc1OS(=O)(=O)O.[NaH]. The van der Waals surface area contributed by atoms with Crippen LogP contribution >= 0.6 is 0 Å². The van der Waals surface area contributed by atoms with Gasteiger partial charge in [0.05, 0.1) is 5.56 Å². The van der Waals surface area contributed by atoms with E-state index < -0.39 is 10.4 Å². The molecule has 0 unspecified atom stereocenters. The van der Waals surface area contributed by atoms with Crippen molar-refractivity contribution in [1.29, 1.82) is 0 Å². The van der Waals surface area contributed by atoms with Crippen molar-refractivity contribution in [2.75, 3.05) is 0 Å². The maximum atomic E-state index is 10.4. The Labute approximate surface area is 103 Å². The molecular weight excluding hydrogens is 219 g/mol. The summed E-state index contributed by atoms with van der Waals surface area (Å²) in [5.74, 6) is -0.194. The number of benzene rings is 1. The van der Waals surface area contributed by atoms with Crippen LogP contribution < -0.4 is 4.18 Å². The van der Waals surface area contributed by atoms with E-state index in [1.807, 2.05) is 0 Å². The molecule has 0 bridgehead atoms. The molecule has 1 N–H and O–H groups in total. The predicted octanol–water partition coefficient (Wildman–Crippen LogP) is 0.0322. The quantitative estimate of drug-likeness (QED) is 0.447. The predicted molar refractivity (Wildman–Crippen MR) is 51.2 cm³/mol. The Hall–Kier alpha value is -0.400. The second kappa shape index (κ2) is 5.47. The van der Waals surface area contributed by atoms with Crippen LogP contribution in [-0.2, 0) is 10.4 Å². The number of aldehydes is 1. The van der Waals surface area contributed by atoms with Gasteiger partial charge in [-0.1, -0.05) is 12.1 Å². The van der Waals surface area contributed by atoms with Crippen LogP contribution in [0, 0.1) is 0 Å². The summed E-state index contributed by atoms with van der Waals surface area (Å²) >= 11 is 0. The van der Waals surface area contributed by atoms with Gasteiger partial charge in [0.1, 0.15) is 0 Å². The van der Waals surface area contributed by atoms with E-state index in [2.05, 4.69) is 4.18 Å². The van der Waals surface area contributed by atoms with Crippen LogP contribution in [0.2, 0.25) is 0 Å². The molecule has 0 aliphatic carbocycles. The number of rotatable bonds is 3. The normalized spacial score (nSPS) is 10.1. The van der Waals surface area contributed by atoms with Gasteiger partial charge >= 0.3 is 40.0 Å². The molecule has 5 nitrogen and oxygen atoms in total. The van der Waals surface area contributed by atoms with Crippen molar-refractivity contribution < 1.29 is 21.9 Å². The number of carbonyl (C=O) groups excluding carboxylic acids is 1. The van der Waals surface area contributed by atoms with Crippen LogP contribution in [0.25, 0.3) is 0 Å². The van der Waals surface area contributed by atoms with E-state index in [4.69, 9.17) is 4.55 Å². The topological polar surface area (TPSA) is 80.7 Å². The summed E-state index contributed by atoms with van der Waals surface area (Å²) < 4.78 is 33.0. The third-order valence-electron chi connectivity index (χ3n) is 1.24. The molecule has 1 aromatic rings. The molecule has 0 atom stereocenters. The molecule has 0 spiro atoms. The summed E-state index contributed by atoms with van der Waals surface area (Å²) in [6, 6.07) is 5.65. The second-order valence-electron chi connectivity index (χ2n) is 2.17. The average molecular weight is 226 g/mol. The molecular formula is C7H7NaO5S. The molecule has 0 heterocycles. The molecule has 1 aromatic carbocycles. The van der Waals surface area contributed by atoms with Gasteiger partial charge in [-0.3, -0.25) is 9.35 Å². The van der Waals surface area contributed by atoms with Gasteiger partial charge < -0.3 is 4.18 Å². The molecule has 0 aliphatic rings. The Morgan fingerprint density at radius 1 is 1.29 bits per heavy atom. The molecule has 0 saturated heterocycles. The van der Waals surface area contributed by atoms with E-state index >= 15 is 0 Å². The van der Waals surface area contributed by atoms with Crippen LogP contribution in [-0.4, -0.2) is 48.8 Å². The molecule has 0 fully saturated rings. The molecule has 0 aromatic heterocycles. The standard InChI is InChI=1S/C7H6O5S.Na.H/c8-5-6-3-1-2-4-7(6)12-13(9,10)11;;/h1-5H,(H,9,10,11);;. The zero-order valence-electron chi connectivity index (χ0n) is 6.38. The van der Waals surface area contributed by atoms with E-state index in [-0.39, 0.29) is 40.9 Å². The van der Waals surface area contributed by atoms with Crippen LogP contribution in [0.5, 0.6) is 5.75 Å². The number of hydrogen-bond acceptors (Lipinski definition) is 4. The third-order valence-corrected chi connectivity index (χ3v) is 1.63. The zero-order chi connectivity index (χ0) is 9.90. The molecule has 0 aliphatic heterocycles. The summed E-state index contributed by atoms with van der Waals surface area (Å²) in [6.07, 6.45) is 0.431. The van der Waals surface area contributed by atoms with Crippen LogP contribution in [0.3, 0.4) is 0 Å². The molecule has 7 heteroatoms. The van der Waals surface area contributed by atoms with E-state index in [1.165, 1.54) is 18.2 Å². The first-order chi connectivity index (χ1) is 6.03. The van der Waals surface area contributed by atoms with Gasteiger partial charge in [0.25, 0.3) is 0 Å². The fourth-order valence-corrected chi connectivity index (χ4v) is 1.15. The Morgan fingerprint density at radius 2 is 1.86 bits per heavy atom. The molecule has 72 valence electrons. The summed E-state index contributed by atoms with van der Waals surface area (Å²) in [5.41, 5.74) is 0.0557. The first-order valence-electron chi connectivity index (χ1n) is 3.24. The van der Waals surface area contributed by atoms with Gasteiger partial charge in [0.2, 0.25) is 0 Å². The second-order valence-corrected chi connectivity index (χ2v) is 3.19. The van der Waals surface area contributed by atoms with Gasteiger partial charge in [-0.15, -0.1) is 0 Å². The molecule has 14 heavy (non-hydrogen) atoms. The van der Waals surface area contributed by atoms with Crippen LogP contribution in [0.4, 0.5) is 0 Å². The monoisotopic (exact) mass is 226 g/mol. The Kier molecular flexibility index (Phi) is 5.32. The van der Waals surface area contributed by atoms with Gasteiger partial charge in [0, 0.05) is 0 Å². The number of para-hydroxylation sites is 1. The minimum atomic E-state index is -4.57. The van der Waals surface area contributed by atoms with Crippen molar-refractivity contribution >= 4 is 46.2 Å². The summed E-state index contributed by atoms with van der Waals surface area (Å²) in [4.78, 5) is 10.4. The van der Waals surface area contributed by atoms with Gasteiger partial charge in [-0.05, 0) is 12.1 Å². The molecule has 0 radical (unpaired) electrons. The van der Waals surface area contributed by atoms with Crippen molar-refractivity contribution in [3.05, 3.63) is 29.8 Å². The van der Waals surface area contributed by atoms with E-state index in [9.17, 15) is 13.2 Å². The Morgan fingerprint density at radius 3 is 2.36 bits per heavy atom. The fraction of sp³-hybridized carbons (Fsp3) is 0. The van der Waals surface area contributed by atoms with Crippen LogP contribution in [0.1, 0.15) is 10.4 Å². The molecule has 1 rings (SSSR count). The number of carbonyl (C=O) groups is 1. The van der Waals surface area contributed by atoms with E-state index in [0.29, 0.717) is 6.29 Å². The van der Waals surface area contributed by atoms with E-state index in [0.717, 1.165) is 0 Å².